The van der Waals surface area contributed by atoms with Crippen LogP contribution in [0.3, 0.4) is 0 Å². The number of benzene rings is 1. The van der Waals surface area contributed by atoms with E-state index in [1.165, 1.54) is 24.1 Å². The van der Waals surface area contributed by atoms with Crippen molar-refractivity contribution in [3.63, 3.8) is 0 Å². The summed E-state index contributed by atoms with van der Waals surface area (Å²) in [5.74, 6) is 0. The Morgan fingerprint density at radius 3 is 2.71 bits per heavy atom. The Hall–Kier alpha value is -0.900. The Morgan fingerprint density at radius 1 is 1.12 bits per heavy atom. The van der Waals surface area contributed by atoms with Gasteiger partial charge in [-0.15, -0.1) is 0 Å². The Bertz CT molecular complexity index is 385. The van der Waals surface area contributed by atoms with Gasteiger partial charge in [-0.25, -0.2) is 0 Å². The van der Waals surface area contributed by atoms with Gasteiger partial charge in [-0.1, -0.05) is 24.3 Å². The van der Waals surface area contributed by atoms with E-state index in [0.29, 0.717) is 6.17 Å². The smallest absolute Gasteiger partial charge is 0.0887 e. The number of hydrogen-bond acceptors (Lipinski definition) is 3. The first-order chi connectivity index (χ1) is 8.36. The van der Waals surface area contributed by atoms with Crippen LogP contribution in [0.2, 0.25) is 0 Å². The largest absolute Gasteiger partial charge is 0.314 e. The second-order valence-electron chi connectivity index (χ2n) is 5.09. The first-order valence-corrected chi connectivity index (χ1v) is 6.59. The fourth-order valence-electron chi connectivity index (χ4n) is 3.07. The maximum absolute atomic E-state index is 3.43. The summed E-state index contributed by atoms with van der Waals surface area (Å²) < 4.78 is 0. The van der Waals surface area contributed by atoms with Crippen molar-refractivity contribution in [1.29, 1.82) is 0 Å². The van der Waals surface area contributed by atoms with Crippen LogP contribution < -0.4 is 5.32 Å². The number of piperazine rings is 1. The second-order valence-corrected chi connectivity index (χ2v) is 5.09. The summed E-state index contributed by atoms with van der Waals surface area (Å²) in [4.78, 5) is 5.10. The molecular formula is C14H21N3. The predicted octanol–water partition coefficient (Wildman–Crippen LogP) is 1.08. The van der Waals surface area contributed by atoms with Gasteiger partial charge >= 0.3 is 0 Å². The molecule has 0 aliphatic carbocycles. The van der Waals surface area contributed by atoms with Crippen molar-refractivity contribution in [2.24, 2.45) is 0 Å². The molecule has 0 aromatic heterocycles. The SMILES string of the molecule is CN1CCc2ccccc2C1N1CCNCC1. The quantitative estimate of drug-likeness (QED) is 0.780. The Balaban J connectivity index is 1.91. The zero-order valence-corrected chi connectivity index (χ0v) is 10.5. The molecule has 1 fully saturated rings. The van der Waals surface area contributed by atoms with Gasteiger partial charge in [0, 0.05) is 32.7 Å². The zero-order valence-electron chi connectivity index (χ0n) is 10.5. The molecule has 0 spiro atoms. The molecule has 0 radical (unpaired) electrons. The lowest BCUT2D eigenvalue weighted by Crippen LogP contribution is -2.51. The average Bonchev–Trinajstić information content (AvgIpc) is 2.39. The van der Waals surface area contributed by atoms with Gasteiger partial charge in [0.25, 0.3) is 0 Å². The molecule has 2 heterocycles. The van der Waals surface area contributed by atoms with Gasteiger partial charge in [0.2, 0.25) is 0 Å². The normalized spacial score (nSPS) is 26.8. The molecule has 2 aliphatic rings. The highest BCUT2D eigenvalue weighted by atomic mass is 15.4. The van der Waals surface area contributed by atoms with Crippen LogP contribution in [0.25, 0.3) is 0 Å². The van der Waals surface area contributed by atoms with Crippen LogP contribution >= 0.6 is 0 Å². The standard InChI is InChI=1S/C14H21N3/c1-16-9-6-12-4-2-3-5-13(12)14(16)17-10-7-15-8-11-17/h2-5,14-15H,6-11H2,1H3. The molecule has 1 aromatic carbocycles. The third-order valence-corrected chi connectivity index (χ3v) is 3.98. The summed E-state index contributed by atoms with van der Waals surface area (Å²) in [6.07, 6.45) is 1.68. The molecule has 1 N–H and O–H groups in total. The molecule has 1 aromatic rings. The minimum absolute atomic E-state index is 0.488. The van der Waals surface area contributed by atoms with Crippen molar-refractivity contribution in [3.05, 3.63) is 35.4 Å². The van der Waals surface area contributed by atoms with Crippen molar-refractivity contribution in [2.45, 2.75) is 12.6 Å². The van der Waals surface area contributed by atoms with E-state index in [1.54, 1.807) is 0 Å². The highest BCUT2D eigenvalue weighted by molar-refractivity contribution is 5.32. The number of rotatable bonds is 1. The van der Waals surface area contributed by atoms with E-state index < -0.39 is 0 Å². The minimum atomic E-state index is 0.488. The van der Waals surface area contributed by atoms with Crippen LogP contribution in [0.5, 0.6) is 0 Å². The molecule has 0 amide bonds. The third kappa shape index (κ3) is 2.10. The summed E-state index contributed by atoms with van der Waals surface area (Å²) in [6, 6.07) is 8.93. The lowest BCUT2D eigenvalue weighted by atomic mass is 9.96. The van der Waals surface area contributed by atoms with E-state index >= 15 is 0 Å². The molecule has 0 bridgehead atoms. The Morgan fingerprint density at radius 2 is 1.88 bits per heavy atom. The average molecular weight is 231 g/mol. The van der Waals surface area contributed by atoms with E-state index in [0.717, 1.165) is 26.2 Å². The van der Waals surface area contributed by atoms with Crippen molar-refractivity contribution in [3.8, 4) is 0 Å². The summed E-state index contributed by atoms with van der Waals surface area (Å²) in [6.45, 7) is 5.72. The Labute approximate surface area is 103 Å². The van der Waals surface area contributed by atoms with Gasteiger partial charge in [0.05, 0.1) is 6.17 Å². The first-order valence-electron chi connectivity index (χ1n) is 6.59. The maximum Gasteiger partial charge on any atom is 0.0887 e. The number of likely N-dealkylation sites (N-methyl/N-ethyl adjacent to an activating group) is 1. The Kier molecular flexibility index (Phi) is 3.14. The maximum atomic E-state index is 3.43. The van der Waals surface area contributed by atoms with Crippen LogP contribution in [0.4, 0.5) is 0 Å². The third-order valence-electron chi connectivity index (χ3n) is 3.98. The monoisotopic (exact) mass is 231 g/mol. The molecule has 2 aliphatic heterocycles. The summed E-state index contributed by atoms with van der Waals surface area (Å²) in [5.41, 5.74) is 3.05. The molecule has 0 saturated carbocycles. The highest BCUT2D eigenvalue weighted by Gasteiger charge is 2.30. The fourth-order valence-corrected chi connectivity index (χ4v) is 3.07. The molecule has 1 saturated heterocycles. The molecule has 3 rings (SSSR count). The van der Waals surface area contributed by atoms with Crippen LogP contribution in [0.15, 0.2) is 24.3 Å². The van der Waals surface area contributed by atoms with Gasteiger partial charge in [-0.05, 0) is 24.6 Å². The van der Waals surface area contributed by atoms with Crippen LogP contribution in [0.1, 0.15) is 17.3 Å². The molecule has 3 heteroatoms. The molecule has 1 atom stereocenters. The van der Waals surface area contributed by atoms with E-state index in [4.69, 9.17) is 0 Å². The van der Waals surface area contributed by atoms with Crippen molar-refractivity contribution < 1.29 is 0 Å². The summed E-state index contributed by atoms with van der Waals surface area (Å²) in [5, 5.41) is 3.43. The molecule has 17 heavy (non-hydrogen) atoms. The van der Waals surface area contributed by atoms with Crippen molar-refractivity contribution in [2.75, 3.05) is 39.8 Å². The second kappa shape index (κ2) is 4.77. The van der Waals surface area contributed by atoms with Gasteiger partial charge in [-0.2, -0.15) is 0 Å². The highest BCUT2D eigenvalue weighted by Crippen LogP contribution is 2.31. The summed E-state index contributed by atoms with van der Waals surface area (Å²) in [7, 11) is 2.25. The van der Waals surface area contributed by atoms with Gasteiger partial charge < -0.3 is 5.32 Å². The van der Waals surface area contributed by atoms with Crippen molar-refractivity contribution in [1.82, 2.24) is 15.1 Å². The van der Waals surface area contributed by atoms with Crippen LogP contribution in [-0.4, -0.2) is 49.6 Å². The number of hydrogen-bond donors (Lipinski definition) is 1. The minimum Gasteiger partial charge on any atom is -0.314 e. The number of nitrogens with one attached hydrogen (secondary N) is 1. The van der Waals surface area contributed by atoms with E-state index in [-0.39, 0.29) is 0 Å². The topological polar surface area (TPSA) is 18.5 Å². The number of nitrogens with zero attached hydrogens (tertiary/aromatic N) is 2. The van der Waals surface area contributed by atoms with E-state index in [1.807, 2.05) is 0 Å². The van der Waals surface area contributed by atoms with E-state index in [2.05, 4.69) is 46.4 Å². The molecule has 92 valence electrons. The van der Waals surface area contributed by atoms with Crippen LogP contribution in [-0.2, 0) is 6.42 Å². The van der Waals surface area contributed by atoms with Crippen molar-refractivity contribution >= 4 is 0 Å². The molecule has 3 nitrogen and oxygen atoms in total. The zero-order chi connectivity index (χ0) is 11.7. The van der Waals surface area contributed by atoms with Crippen LogP contribution in [0, 0.1) is 0 Å². The van der Waals surface area contributed by atoms with Gasteiger partial charge in [-0.3, -0.25) is 9.80 Å². The molecule has 1 unspecified atom stereocenters. The molecular weight excluding hydrogens is 210 g/mol. The lowest BCUT2D eigenvalue weighted by Gasteiger charge is -2.43. The predicted molar refractivity (Wildman–Crippen MR) is 70.0 cm³/mol. The summed E-state index contributed by atoms with van der Waals surface area (Å²) >= 11 is 0. The fraction of sp³-hybridized carbons (Fsp3) is 0.571. The first kappa shape index (κ1) is 11.2. The van der Waals surface area contributed by atoms with Gasteiger partial charge in [0.1, 0.15) is 0 Å². The lowest BCUT2D eigenvalue weighted by molar-refractivity contribution is 0.0427. The van der Waals surface area contributed by atoms with E-state index in [9.17, 15) is 0 Å². The number of fused-ring (bicyclic) bond motifs is 1. The van der Waals surface area contributed by atoms with Gasteiger partial charge in [0.15, 0.2) is 0 Å².